The van der Waals surface area contributed by atoms with E-state index in [0.29, 0.717) is 25.1 Å². The molecule has 1 aliphatic rings. The van der Waals surface area contributed by atoms with Gasteiger partial charge in [-0.3, -0.25) is 14.9 Å². The highest BCUT2D eigenvalue weighted by Gasteiger charge is 2.16. The molecule has 1 aliphatic heterocycles. The summed E-state index contributed by atoms with van der Waals surface area (Å²) >= 11 is 0. The van der Waals surface area contributed by atoms with E-state index in [4.69, 9.17) is 0 Å². The van der Waals surface area contributed by atoms with E-state index in [9.17, 15) is 20.0 Å². The number of likely N-dealkylation sites (tertiary alicyclic amines) is 1. The number of phenolic OH excluding ortho intramolecular Hbond substituents is 1. The van der Waals surface area contributed by atoms with Gasteiger partial charge in [0.2, 0.25) is 5.91 Å². The molecule has 0 aliphatic carbocycles. The molecule has 1 heterocycles. The van der Waals surface area contributed by atoms with Crippen molar-refractivity contribution in [3.05, 3.63) is 33.9 Å². The molecule has 0 bridgehead atoms. The van der Waals surface area contributed by atoms with E-state index in [1.54, 1.807) is 0 Å². The molecule has 2 N–H and O–H groups in total. The Morgan fingerprint density at radius 2 is 2.05 bits per heavy atom. The molecule has 1 fully saturated rings. The first-order valence-electron chi connectivity index (χ1n) is 7.52. The summed E-state index contributed by atoms with van der Waals surface area (Å²) in [5.74, 6) is 0.149. The van der Waals surface area contributed by atoms with Crippen LogP contribution >= 0.6 is 0 Å². The van der Waals surface area contributed by atoms with Crippen molar-refractivity contribution in [3.8, 4) is 5.75 Å². The lowest BCUT2D eigenvalue weighted by Crippen LogP contribution is -2.37. The molecule has 1 saturated heterocycles. The second-order valence-electron chi connectivity index (χ2n) is 5.44. The van der Waals surface area contributed by atoms with E-state index >= 15 is 0 Å². The van der Waals surface area contributed by atoms with Gasteiger partial charge in [0.05, 0.1) is 4.92 Å². The number of nitrogens with one attached hydrogen (secondary N) is 1. The van der Waals surface area contributed by atoms with Crippen LogP contribution in [-0.2, 0) is 11.3 Å². The van der Waals surface area contributed by atoms with Crippen molar-refractivity contribution in [2.45, 2.75) is 32.2 Å². The van der Waals surface area contributed by atoms with Crippen LogP contribution in [-0.4, -0.2) is 40.5 Å². The van der Waals surface area contributed by atoms with Gasteiger partial charge in [-0.2, -0.15) is 0 Å². The Morgan fingerprint density at radius 3 is 2.73 bits per heavy atom. The number of piperidine rings is 1. The summed E-state index contributed by atoms with van der Waals surface area (Å²) in [4.78, 5) is 24.1. The molecule has 1 aromatic carbocycles. The molecule has 120 valence electrons. The summed E-state index contributed by atoms with van der Waals surface area (Å²) in [7, 11) is 0. The SMILES string of the molecule is O=C(CCNCc1cc([N+](=O)[O-])ccc1O)N1CCCCC1. The zero-order valence-corrected chi connectivity index (χ0v) is 12.5. The van der Waals surface area contributed by atoms with Crippen LogP contribution in [0.1, 0.15) is 31.2 Å². The van der Waals surface area contributed by atoms with Crippen molar-refractivity contribution in [2.24, 2.45) is 0 Å². The summed E-state index contributed by atoms with van der Waals surface area (Å²) in [6.07, 6.45) is 3.73. The molecule has 7 nitrogen and oxygen atoms in total. The zero-order valence-electron chi connectivity index (χ0n) is 12.5. The quantitative estimate of drug-likeness (QED) is 0.474. The Balaban J connectivity index is 1.77. The van der Waals surface area contributed by atoms with Gasteiger partial charge < -0.3 is 15.3 Å². The van der Waals surface area contributed by atoms with Crippen LogP contribution in [0, 0.1) is 10.1 Å². The van der Waals surface area contributed by atoms with Crippen molar-refractivity contribution in [1.29, 1.82) is 0 Å². The number of carbonyl (C=O) groups excluding carboxylic acids is 1. The van der Waals surface area contributed by atoms with Gasteiger partial charge in [-0.05, 0) is 25.3 Å². The first kappa shape index (κ1) is 16.2. The molecule has 2 rings (SSSR count). The summed E-state index contributed by atoms with van der Waals surface area (Å²) < 4.78 is 0. The Kier molecular flexibility index (Phi) is 5.71. The molecule has 0 radical (unpaired) electrons. The Labute approximate surface area is 129 Å². The van der Waals surface area contributed by atoms with Crippen LogP contribution in [0.15, 0.2) is 18.2 Å². The van der Waals surface area contributed by atoms with E-state index in [0.717, 1.165) is 25.9 Å². The lowest BCUT2D eigenvalue weighted by molar-refractivity contribution is -0.384. The first-order valence-corrected chi connectivity index (χ1v) is 7.52. The second-order valence-corrected chi connectivity index (χ2v) is 5.44. The third kappa shape index (κ3) is 4.42. The maximum Gasteiger partial charge on any atom is 0.270 e. The number of rotatable bonds is 6. The molecule has 22 heavy (non-hydrogen) atoms. The van der Waals surface area contributed by atoms with Crippen molar-refractivity contribution < 1.29 is 14.8 Å². The molecule has 0 saturated carbocycles. The summed E-state index contributed by atoms with van der Waals surface area (Å²) in [6.45, 7) is 2.45. The monoisotopic (exact) mass is 307 g/mol. The van der Waals surface area contributed by atoms with Crippen molar-refractivity contribution in [1.82, 2.24) is 10.2 Å². The molecule has 1 aromatic rings. The van der Waals surface area contributed by atoms with Gasteiger partial charge in [0.25, 0.3) is 5.69 Å². The first-order chi connectivity index (χ1) is 10.6. The number of carbonyl (C=O) groups is 1. The molecular weight excluding hydrogens is 286 g/mol. The zero-order chi connectivity index (χ0) is 15.9. The molecule has 7 heteroatoms. The number of nitro benzene ring substituents is 1. The Morgan fingerprint density at radius 1 is 1.32 bits per heavy atom. The molecule has 0 aromatic heterocycles. The maximum absolute atomic E-state index is 12.0. The van der Waals surface area contributed by atoms with E-state index in [1.807, 2.05) is 4.90 Å². The fraction of sp³-hybridized carbons (Fsp3) is 0.533. The van der Waals surface area contributed by atoms with Gasteiger partial charge in [-0.25, -0.2) is 0 Å². The molecule has 0 spiro atoms. The third-order valence-corrected chi connectivity index (χ3v) is 3.81. The summed E-state index contributed by atoms with van der Waals surface area (Å²) in [6, 6.07) is 3.92. The molecular formula is C15H21N3O4. The van der Waals surface area contributed by atoms with Crippen LogP contribution in [0.4, 0.5) is 5.69 Å². The van der Waals surface area contributed by atoms with Crippen molar-refractivity contribution >= 4 is 11.6 Å². The van der Waals surface area contributed by atoms with Gasteiger partial charge in [0.15, 0.2) is 0 Å². The Bertz CT molecular complexity index is 542. The van der Waals surface area contributed by atoms with Crippen LogP contribution in [0.5, 0.6) is 5.75 Å². The number of nitro groups is 1. The van der Waals surface area contributed by atoms with Crippen molar-refractivity contribution in [3.63, 3.8) is 0 Å². The number of hydrogen-bond donors (Lipinski definition) is 2. The Hall–Kier alpha value is -2.15. The van der Waals surface area contributed by atoms with Gasteiger partial charge in [0.1, 0.15) is 5.75 Å². The second kappa shape index (κ2) is 7.74. The number of phenols is 1. The number of hydrogen-bond acceptors (Lipinski definition) is 5. The maximum atomic E-state index is 12.0. The van der Waals surface area contributed by atoms with Crippen LogP contribution in [0.25, 0.3) is 0 Å². The topological polar surface area (TPSA) is 95.7 Å². The summed E-state index contributed by atoms with van der Waals surface area (Å²) in [5, 5.41) is 23.5. The molecule has 0 atom stereocenters. The fourth-order valence-electron chi connectivity index (χ4n) is 2.55. The van der Waals surface area contributed by atoms with Crippen molar-refractivity contribution in [2.75, 3.05) is 19.6 Å². The predicted octanol–water partition coefficient (Wildman–Crippen LogP) is 1.79. The standard InChI is InChI=1S/C15H21N3O4/c19-14-5-4-13(18(21)22)10-12(14)11-16-7-6-15(20)17-8-2-1-3-9-17/h4-5,10,16,19H,1-3,6-9,11H2. The lowest BCUT2D eigenvalue weighted by atomic mass is 10.1. The lowest BCUT2D eigenvalue weighted by Gasteiger charge is -2.26. The highest BCUT2D eigenvalue weighted by Crippen LogP contribution is 2.22. The molecule has 0 unspecified atom stereocenters. The predicted molar refractivity (Wildman–Crippen MR) is 81.5 cm³/mol. The number of aromatic hydroxyl groups is 1. The normalized spacial score (nSPS) is 14.8. The number of nitrogens with zero attached hydrogens (tertiary/aromatic N) is 2. The van der Waals surface area contributed by atoms with Gasteiger partial charge >= 0.3 is 0 Å². The van der Waals surface area contributed by atoms with E-state index in [2.05, 4.69) is 5.32 Å². The van der Waals surface area contributed by atoms with Gasteiger partial charge in [-0.1, -0.05) is 0 Å². The van der Waals surface area contributed by atoms with E-state index < -0.39 is 4.92 Å². The summed E-state index contributed by atoms with van der Waals surface area (Å²) in [5.41, 5.74) is 0.401. The average molecular weight is 307 g/mol. The van der Waals surface area contributed by atoms with Gasteiger partial charge in [0, 0.05) is 50.3 Å². The van der Waals surface area contributed by atoms with Crippen LogP contribution < -0.4 is 5.32 Å². The van der Waals surface area contributed by atoms with Crippen LogP contribution in [0.3, 0.4) is 0 Å². The number of amides is 1. The molecule has 1 amide bonds. The highest BCUT2D eigenvalue weighted by molar-refractivity contribution is 5.76. The largest absolute Gasteiger partial charge is 0.508 e. The fourth-order valence-corrected chi connectivity index (χ4v) is 2.55. The smallest absolute Gasteiger partial charge is 0.270 e. The average Bonchev–Trinajstić information content (AvgIpc) is 2.53. The van der Waals surface area contributed by atoms with Crippen LogP contribution in [0.2, 0.25) is 0 Å². The number of benzene rings is 1. The van der Waals surface area contributed by atoms with E-state index in [-0.39, 0.29) is 17.3 Å². The minimum atomic E-state index is -0.497. The highest BCUT2D eigenvalue weighted by atomic mass is 16.6. The number of non-ortho nitro benzene ring substituents is 1. The minimum Gasteiger partial charge on any atom is -0.508 e. The minimum absolute atomic E-state index is 0.0143. The van der Waals surface area contributed by atoms with Gasteiger partial charge in [-0.15, -0.1) is 0 Å². The third-order valence-electron chi connectivity index (χ3n) is 3.81. The van der Waals surface area contributed by atoms with E-state index in [1.165, 1.54) is 24.6 Å².